The third kappa shape index (κ3) is 6.54. The van der Waals surface area contributed by atoms with Gasteiger partial charge in [-0.2, -0.15) is 0 Å². The Bertz CT molecular complexity index is 734. The van der Waals surface area contributed by atoms with Crippen LogP contribution in [0.1, 0.15) is 68.7 Å². The number of benzene rings is 1. The van der Waals surface area contributed by atoms with Crippen molar-refractivity contribution in [2.75, 3.05) is 13.1 Å². The summed E-state index contributed by atoms with van der Waals surface area (Å²) in [6, 6.07) is 6.66. The lowest BCUT2D eigenvalue weighted by molar-refractivity contribution is -0.399. The number of rotatable bonds is 8. The highest BCUT2D eigenvalue weighted by atomic mass is 17.2. The van der Waals surface area contributed by atoms with Gasteiger partial charge in [-0.15, -0.1) is 0 Å². The highest BCUT2D eigenvalue weighted by molar-refractivity contribution is 6.21. The number of amides is 3. The minimum absolute atomic E-state index is 0.0733. The van der Waals surface area contributed by atoms with Crippen molar-refractivity contribution in [3.63, 3.8) is 0 Å². The summed E-state index contributed by atoms with van der Waals surface area (Å²) < 4.78 is 5.32. The van der Waals surface area contributed by atoms with E-state index < -0.39 is 23.4 Å². The Hall–Kier alpha value is -2.45. The van der Waals surface area contributed by atoms with Gasteiger partial charge in [-0.25, -0.2) is 14.6 Å². The molecule has 29 heavy (non-hydrogen) atoms. The molecule has 1 unspecified atom stereocenters. The zero-order valence-corrected chi connectivity index (χ0v) is 17.9. The quantitative estimate of drug-likeness (QED) is 0.404. The van der Waals surface area contributed by atoms with Gasteiger partial charge in [-0.3, -0.25) is 14.5 Å². The van der Waals surface area contributed by atoms with E-state index in [1.165, 1.54) is 0 Å². The van der Waals surface area contributed by atoms with Crippen LogP contribution in [0.15, 0.2) is 24.3 Å². The van der Waals surface area contributed by atoms with E-state index >= 15 is 0 Å². The zero-order valence-electron chi connectivity index (χ0n) is 17.9. The van der Waals surface area contributed by atoms with Crippen LogP contribution in [0, 0.1) is 0 Å². The monoisotopic (exact) mass is 406 g/mol. The van der Waals surface area contributed by atoms with Crippen molar-refractivity contribution in [1.82, 2.24) is 10.2 Å². The molecule has 1 aromatic rings. The third-order valence-corrected chi connectivity index (χ3v) is 4.09. The molecule has 0 aromatic heterocycles. The molecule has 0 fully saturated rings. The second kappa shape index (κ2) is 8.92. The highest BCUT2D eigenvalue weighted by Gasteiger charge is 2.34. The summed E-state index contributed by atoms with van der Waals surface area (Å²) >= 11 is 0. The van der Waals surface area contributed by atoms with E-state index in [1.807, 2.05) is 34.6 Å². The number of carbonyl (C=O) groups is 3. The number of hydrogen-bond donors (Lipinski definition) is 1. The van der Waals surface area contributed by atoms with Gasteiger partial charge in [-0.05, 0) is 53.7 Å². The molecule has 1 heterocycles. The average molecular weight is 406 g/mol. The lowest BCUT2D eigenvalue weighted by Gasteiger charge is -2.30. The van der Waals surface area contributed by atoms with Crippen molar-refractivity contribution in [3.8, 4) is 0 Å². The van der Waals surface area contributed by atoms with E-state index in [4.69, 9.17) is 14.5 Å². The first-order valence-corrected chi connectivity index (χ1v) is 9.66. The maximum absolute atomic E-state index is 12.3. The molecule has 8 nitrogen and oxygen atoms in total. The first-order chi connectivity index (χ1) is 13.4. The minimum atomic E-state index is -0.646. The van der Waals surface area contributed by atoms with Crippen molar-refractivity contribution >= 4 is 17.9 Å². The molecule has 0 spiro atoms. The SMILES string of the molecule is CC(CC(C)(C)OOC(C)(C)C)OC(=O)NCCN1C(=O)c2ccccc2C1=O. The molecule has 0 radical (unpaired) electrons. The summed E-state index contributed by atoms with van der Waals surface area (Å²) in [6.45, 7) is 11.3. The topological polar surface area (TPSA) is 94.2 Å². The van der Waals surface area contributed by atoms with Crippen LogP contribution in [0.5, 0.6) is 0 Å². The standard InChI is InChI=1S/C21H30N2O6/c1-14(13-21(5,6)29-28-20(2,3)4)27-19(26)22-11-12-23-17(24)15-9-7-8-10-16(15)18(23)25/h7-10,14H,11-13H2,1-6H3,(H,22,26). The van der Waals surface area contributed by atoms with Crippen LogP contribution in [0.25, 0.3) is 0 Å². The van der Waals surface area contributed by atoms with Gasteiger partial charge >= 0.3 is 6.09 Å². The summed E-state index contributed by atoms with van der Waals surface area (Å²) in [6.07, 6.45) is -0.621. The molecular weight excluding hydrogens is 376 g/mol. The van der Waals surface area contributed by atoms with Gasteiger partial charge in [0.25, 0.3) is 11.8 Å². The Kier molecular flexibility index (Phi) is 7.02. The fourth-order valence-corrected chi connectivity index (χ4v) is 2.94. The number of carbonyl (C=O) groups excluding carboxylic acids is 3. The predicted octanol–water partition coefficient (Wildman–Crippen LogP) is 3.31. The lowest BCUT2D eigenvalue weighted by atomic mass is 10.0. The molecule has 1 atom stereocenters. The van der Waals surface area contributed by atoms with Gasteiger partial charge in [0.05, 0.1) is 16.7 Å². The van der Waals surface area contributed by atoms with Crippen LogP contribution in [-0.4, -0.2) is 53.2 Å². The largest absolute Gasteiger partial charge is 0.446 e. The minimum Gasteiger partial charge on any atom is -0.446 e. The fourth-order valence-electron chi connectivity index (χ4n) is 2.94. The van der Waals surface area contributed by atoms with E-state index in [0.717, 1.165) is 4.90 Å². The van der Waals surface area contributed by atoms with Crippen LogP contribution in [0.3, 0.4) is 0 Å². The number of nitrogens with zero attached hydrogens (tertiary/aromatic N) is 1. The van der Waals surface area contributed by atoms with Crippen molar-refractivity contribution < 1.29 is 28.9 Å². The third-order valence-electron chi connectivity index (χ3n) is 4.09. The summed E-state index contributed by atoms with van der Waals surface area (Å²) in [4.78, 5) is 48.5. The molecule has 0 aliphatic carbocycles. The van der Waals surface area contributed by atoms with Gasteiger partial charge in [0.15, 0.2) is 0 Å². The molecule has 0 saturated carbocycles. The van der Waals surface area contributed by atoms with Crippen LogP contribution in [0.2, 0.25) is 0 Å². The van der Waals surface area contributed by atoms with E-state index in [9.17, 15) is 14.4 Å². The first-order valence-electron chi connectivity index (χ1n) is 9.66. The van der Waals surface area contributed by atoms with Crippen LogP contribution < -0.4 is 5.32 Å². The van der Waals surface area contributed by atoms with E-state index in [-0.39, 0.29) is 24.9 Å². The number of hydrogen-bond acceptors (Lipinski definition) is 6. The van der Waals surface area contributed by atoms with Crippen molar-refractivity contribution in [3.05, 3.63) is 35.4 Å². The van der Waals surface area contributed by atoms with Gasteiger partial charge < -0.3 is 10.1 Å². The van der Waals surface area contributed by atoms with Crippen molar-refractivity contribution in [2.45, 2.75) is 65.3 Å². The molecule has 0 bridgehead atoms. The predicted molar refractivity (Wildman–Crippen MR) is 106 cm³/mol. The normalized spacial score (nSPS) is 15.3. The van der Waals surface area contributed by atoms with Crippen LogP contribution >= 0.6 is 0 Å². The van der Waals surface area contributed by atoms with Crippen LogP contribution in [-0.2, 0) is 14.5 Å². The number of fused-ring (bicyclic) bond motifs is 1. The summed E-state index contributed by atoms with van der Waals surface area (Å²) in [7, 11) is 0. The summed E-state index contributed by atoms with van der Waals surface area (Å²) in [5.74, 6) is -0.709. The zero-order chi connectivity index (χ0) is 21.8. The van der Waals surface area contributed by atoms with Gasteiger partial charge in [0.1, 0.15) is 11.7 Å². The lowest BCUT2D eigenvalue weighted by Crippen LogP contribution is -2.40. The van der Waals surface area contributed by atoms with Gasteiger partial charge in [0.2, 0.25) is 0 Å². The Morgan fingerprint density at radius 2 is 1.59 bits per heavy atom. The Balaban J connectivity index is 1.75. The molecule has 1 aliphatic heterocycles. The molecule has 8 heteroatoms. The second-order valence-corrected chi connectivity index (χ2v) is 8.69. The Morgan fingerprint density at radius 1 is 1.03 bits per heavy atom. The number of alkyl carbamates (subject to hydrolysis) is 1. The van der Waals surface area contributed by atoms with E-state index in [0.29, 0.717) is 17.5 Å². The molecule has 1 aromatic carbocycles. The highest BCUT2D eigenvalue weighted by Crippen LogP contribution is 2.23. The van der Waals surface area contributed by atoms with E-state index in [2.05, 4.69) is 5.32 Å². The molecule has 160 valence electrons. The summed E-state index contributed by atoms with van der Waals surface area (Å²) in [5.41, 5.74) is -0.322. The summed E-state index contributed by atoms with van der Waals surface area (Å²) in [5, 5.41) is 2.57. The second-order valence-electron chi connectivity index (χ2n) is 8.69. The number of imide groups is 1. The number of nitrogens with one attached hydrogen (secondary N) is 1. The molecule has 1 aliphatic rings. The molecule has 2 rings (SSSR count). The average Bonchev–Trinajstić information content (AvgIpc) is 2.84. The fraction of sp³-hybridized carbons (Fsp3) is 0.571. The molecule has 1 N–H and O–H groups in total. The number of ether oxygens (including phenoxy) is 1. The van der Waals surface area contributed by atoms with E-state index in [1.54, 1.807) is 31.2 Å². The van der Waals surface area contributed by atoms with Crippen LogP contribution in [0.4, 0.5) is 4.79 Å². The molecule has 0 saturated heterocycles. The maximum Gasteiger partial charge on any atom is 0.407 e. The van der Waals surface area contributed by atoms with Crippen molar-refractivity contribution in [2.24, 2.45) is 0 Å². The Labute approximate surface area is 171 Å². The Morgan fingerprint density at radius 3 is 2.10 bits per heavy atom. The smallest absolute Gasteiger partial charge is 0.407 e. The van der Waals surface area contributed by atoms with Gasteiger partial charge in [-0.1, -0.05) is 12.1 Å². The van der Waals surface area contributed by atoms with Crippen molar-refractivity contribution in [1.29, 1.82) is 0 Å². The molecular formula is C21H30N2O6. The maximum atomic E-state index is 12.3. The van der Waals surface area contributed by atoms with Gasteiger partial charge in [0, 0.05) is 19.5 Å². The molecule has 3 amide bonds. The first kappa shape index (κ1) is 22.8.